The summed E-state index contributed by atoms with van der Waals surface area (Å²) in [7, 11) is 0. The summed E-state index contributed by atoms with van der Waals surface area (Å²) in [6.45, 7) is 6.09. The lowest BCUT2D eigenvalue weighted by Gasteiger charge is -2.37. The van der Waals surface area contributed by atoms with Gasteiger partial charge < -0.3 is 15.2 Å². The maximum absolute atomic E-state index is 16.3. The highest BCUT2D eigenvalue weighted by Gasteiger charge is 2.45. The highest BCUT2D eigenvalue weighted by molar-refractivity contribution is 6.13. The van der Waals surface area contributed by atoms with E-state index in [1.54, 1.807) is 36.4 Å². The molecule has 0 saturated heterocycles. The molecule has 218 valence electrons. The van der Waals surface area contributed by atoms with Crippen LogP contribution in [-0.2, 0) is 11.4 Å². The van der Waals surface area contributed by atoms with E-state index in [1.807, 2.05) is 63.2 Å². The fraction of sp³-hybridized carbons (Fsp3) is 0.222. The summed E-state index contributed by atoms with van der Waals surface area (Å²) in [5.41, 5.74) is 3.41. The monoisotopic (exact) mass is 576 g/mol. The fourth-order valence-corrected chi connectivity index (χ4v) is 6.06. The largest absolute Gasteiger partial charge is 0.506 e. The number of nitrogens with zero attached hydrogens (tertiary/aromatic N) is 1. The second-order valence-electron chi connectivity index (χ2n) is 12.0. The number of ether oxygens (including phenoxy) is 1. The number of benzene rings is 4. The second kappa shape index (κ2) is 11.1. The van der Waals surface area contributed by atoms with E-state index in [0.717, 1.165) is 11.1 Å². The molecular formula is C36H33FN2O4. The number of phenols is 1. The van der Waals surface area contributed by atoms with Gasteiger partial charge in [-0.25, -0.2) is 4.39 Å². The fourth-order valence-electron chi connectivity index (χ4n) is 6.06. The molecule has 1 amide bonds. The zero-order valence-electron chi connectivity index (χ0n) is 24.4. The number of hydrogen-bond donors (Lipinski definition) is 2. The van der Waals surface area contributed by atoms with Crippen molar-refractivity contribution in [1.82, 2.24) is 0 Å². The molecule has 2 N–H and O–H groups in total. The standard InChI is InChI=1S/C36H33FN2O4/c1-22-10-7-8-13-25(22)35(42)39-29-14-9-15-30(40)33(29)38-28-19-36(2,3)20-31(41)32(28)34(39)26-17-16-24(18-27(26)37)43-21-23-11-5-4-6-12-23/h4-18,34,38,40H,19-21H2,1-3H3. The third-order valence-electron chi connectivity index (χ3n) is 8.12. The average Bonchev–Trinajstić information content (AvgIpc) is 3.11. The van der Waals surface area contributed by atoms with Crippen LogP contribution in [0.1, 0.15) is 59.8 Å². The van der Waals surface area contributed by atoms with Crippen LogP contribution >= 0.6 is 0 Å². The van der Waals surface area contributed by atoms with E-state index in [1.165, 1.54) is 17.0 Å². The molecular weight excluding hydrogens is 543 g/mol. The summed E-state index contributed by atoms with van der Waals surface area (Å²) in [5.74, 6) is -0.939. The molecule has 43 heavy (non-hydrogen) atoms. The molecule has 6 nitrogen and oxygen atoms in total. The summed E-state index contributed by atoms with van der Waals surface area (Å²) in [6, 6.07) is 25.1. The van der Waals surface area contributed by atoms with Gasteiger partial charge in [-0.05, 0) is 60.2 Å². The lowest BCUT2D eigenvalue weighted by Crippen LogP contribution is -2.40. The van der Waals surface area contributed by atoms with Gasteiger partial charge in [0.1, 0.15) is 29.6 Å². The van der Waals surface area contributed by atoms with Crippen LogP contribution in [0.15, 0.2) is 102 Å². The van der Waals surface area contributed by atoms with Gasteiger partial charge in [-0.1, -0.05) is 68.4 Å². The van der Waals surface area contributed by atoms with Crippen LogP contribution < -0.4 is 15.0 Å². The van der Waals surface area contributed by atoms with Crippen LogP contribution in [0.25, 0.3) is 0 Å². The SMILES string of the molecule is Cc1ccccc1C(=O)N1c2cccc(O)c2NC2=C(C(=O)CC(C)(C)C2)C1c1ccc(OCc2ccccc2)cc1F. The van der Waals surface area contributed by atoms with Gasteiger partial charge in [-0.15, -0.1) is 0 Å². The highest BCUT2D eigenvalue weighted by Crippen LogP contribution is 2.51. The number of amides is 1. The lowest BCUT2D eigenvalue weighted by atomic mass is 9.73. The molecule has 1 unspecified atom stereocenters. The van der Waals surface area contributed by atoms with E-state index in [2.05, 4.69) is 5.32 Å². The lowest BCUT2D eigenvalue weighted by molar-refractivity contribution is -0.118. The highest BCUT2D eigenvalue weighted by atomic mass is 19.1. The van der Waals surface area contributed by atoms with Gasteiger partial charge in [0.05, 0.1) is 11.7 Å². The number of ketones is 1. The molecule has 0 saturated carbocycles. The minimum Gasteiger partial charge on any atom is -0.506 e. The molecule has 1 aliphatic heterocycles. The molecule has 4 aromatic carbocycles. The topological polar surface area (TPSA) is 78.9 Å². The summed E-state index contributed by atoms with van der Waals surface area (Å²) >= 11 is 0. The number of carbonyl (C=O) groups is 2. The molecule has 0 aromatic heterocycles. The normalized spacial score (nSPS) is 17.4. The second-order valence-corrected chi connectivity index (χ2v) is 12.0. The van der Waals surface area contributed by atoms with Gasteiger partial charge in [0, 0.05) is 34.9 Å². The van der Waals surface area contributed by atoms with Crippen molar-refractivity contribution in [2.75, 3.05) is 10.2 Å². The van der Waals surface area contributed by atoms with Gasteiger partial charge in [0.15, 0.2) is 5.78 Å². The molecule has 0 fully saturated rings. The minimum atomic E-state index is -1.09. The molecule has 7 heteroatoms. The van der Waals surface area contributed by atoms with Crippen LogP contribution in [0.4, 0.5) is 15.8 Å². The van der Waals surface area contributed by atoms with Crippen LogP contribution in [0.5, 0.6) is 11.5 Å². The van der Waals surface area contributed by atoms with Gasteiger partial charge in [0.25, 0.3) is 5.91 Å². The van der Waals surface area contributed by atoms with Crippen molar-refractivity contribution in [2.24, 2.45) is 5.41 Å². The predicted molar refractivity (Wildman–Crippen MR) is 165 cm³/mol. The van der Waals surface area contributed by atoms with Gasteiger partial charge in [-0.3, -0.25) is 14.5 Å². The molecule has 0 spiro atoms. The van der Waals surface area contributed by atoms with Crippen molar-refractivity contribution in [3.8, 4) is 11.5 Å². The molecule has 0 radical (unpaired) electrons. The number of rotatable bonds is 5. The predicted octanol–water partition coefficient (Wildman–Crippen LogP) is 7.88. The Hall–Kier alpha value is -4.91. The first-order valence-electron chi connectivity index (χ1n) is 14.3. The first kappa shape index (κ1) is 28.2. The van der Waals surface area contributed by atoms with Crippen molar-refractivity contribution in [3.05, 3.63) is 130 Å². The Morgan fingerprint density at radius 1 is 1.00 bits per heavy atom. The smallest absolute Gasteiger partial charge is 0.259 e. The number of aryl methyl sites for hydroxylation is 1. The summed E-state index contributed by atoms with van der Waals surface area (Å²) in [5, 5.41) is 14.3. The first-order valence-corrected chi connectivity index (χ1v) is 14.3. The average molecular weight is 577 g/mol. The molecule has 2 aliphatic rings. The van der Waals surface area contributed by atoms with Crippen molar-refractivity contribution in [2.45, 2.75) is 46.3 Å². The number of allylic oxidation sites excluding steroid dienone is 1. The van der Waals surface area contributed by atoms with E-state index in [9.17, 15) is 14.7 Å². The van der Waals surface area contributed by atoms with Crippen LogP contribution in [0, 0.1) is 18.2 Å². The number of para-hydroxylation sites is 1. The number of nitrogens with one attached hydrogen (secondary N) is 1. The molecule has 1 heterocycles. The number of halogens is 1. The molecule has 4 aromatic rings. The van der Waals surface area contributed by atoms with Crippen molar-refractivity contribution in [1.29, 1.82) is 0 Å². The number of hydrogen-bond acceptors (Lipinski definition) is 5. The Morgan fingerprint density at radius 3 is 2.49 bits per heavy atom. The van der Waals surface area contributed by atoms with E-state index in [4.69, 9.17) is 4.74 Å². The number of Topliss-reactive ketones (excluding diaryl/α,β-unsaturated/α-hetero) is 1. The van der Waals surface area contributed by atoms with Crippen molar-refractivity contribution >= 4 is 23.1 Å². The maximum Gasteiger partial charge on any atom is 0.259 e. The van der Waals surface area contributed by atoms with E-state index in [-0.39, 0.29) is 35.5 Å². The Bertz CT molecular complexity index is 1760. The zero-order chi connectivity index (χ0) is 30.3. The van der Waals surface area contributed by atoms with Gasteiger partial charge >= 0.3 is 0 Å². The Balaban J connectivity index is 1.54. The van der Waals surface area contributed by atoms with Crippen LogP contribution in [0.3, 0.4) is 0 Å². The van der Waals surface area contributed by atoms with Crippen LogP contribution in [0.2, 0.25) is 0 Å². The molecule has 1 atom stereocenters. The molecule has 6 rings (SSSR count). The quantitative estimate of drug-likeness (QED) is 0.236. The number of aromatic hydroxyl groups is 1. The van der Waals surface area contributed by atoms with Crippen molar-refractivity contribution in [3.63, 3.8) is 0 Å². The van der Waals surface area contributed by atoms with Crippen LogP contribution in [-0.4, -0.2) is 16.8 Å². The number of carbonyl (C=O) groups excluding carboxylic acids is 2. The van der Waals surface area contributed by atoms with E-state index < -0.39 is 17.8 Å². The summed E-state index contributed by atoms with van der Waals surface area (Å²) in [6.07, 6.45) is 0.712. The molecule has 0 bridgehead atoms. The third-order valence-corrected chi connectivity index (χ3v) is 8.12. The van der Waals surface area contributed by atoms with E-state index in [0.29, 0.717) is 40.4 Å². The summed E-state index contributed by atoms with van der Waals surface area (Å²) in [4.78, 5) is 29.9. The van der Waals surface area contributed by atoms with E-state index >= 15 is 4.39 Å². The third kappa shape index (κ3) is 5.39. The first-order chi connectivity index (χ1) is 20.6. The number of anilines is 2. The molecule has 1 aliphatic carbocycles. The summed E-state index contributed by atoms with van der Waals surface area (Å²) < 4.78 is 22.2. The Kier molecular flexibility index (Phi) is 7.26. The van der Waals surface area contributed by atoms with Gasteiger partial charge in [-0.2, -0.15) is 0 Å². The van der Waals surface area contributed by atoms with Gasteiger partial charge in [0.2, 0.25) is 0 Å². The maximum atomic E-state index is 16.3. The Labute approximate surface area is 250 Å². The Morgan fingerprint density at radius 2 is 1.74 bits per heavy atom. The minimum absolute atomic E-state index is 0.0754. The van der Waals surface area contributed by atoms with Crippen molar-refractivity contribution < 1.29 is 23.8 Å². The zero-order valence-corrected chi connectivity index (χ0v) is 24.4. The number of phenolic OH excluding ortho intramolecular Hbond substituents is 1. The number of fused-ring (bicyclic) bond motifs is 1.